The number of fused-ring (bicyclic) bond motifs is 2. The Labute approximate surface area is 175 Å². The summed E-state index contributed by atoms with van der Waals surface area (Å²) in [5.41, 5.74) is 3.69. The number of carbonyl (C=O) groups is 1. The number of hydrogen-bond acceptors (Lipinski definition) is 5. The van der Waals surface area contributed by atoms with Crippen LogP contribution in [-0.4, -0.2) is 32.4 Å². The maximum atomic E-state index is 12.7. The van der Waals surface area contributed by atoms with Crippen molar-refractivity contribution in [2.45, 2.75) is 45.2 Å². The van der Waals surface area contributed by atoms with E-state index in [0.29, 0.717) is 19.0 Å². The highest BCUT2D eigenvalue weighted by Crippen LogP contribution is 2.29. The molecule has 1 fully saturated rings. The fourth-order valence-corrected chi connectivity index (χ4v) is 4.44. The molecule has 30 heavy (non-hydrogen) atoms. The zero-order chi connectivity index (χ0) is 20.3. The van der Waals surface area contributed by atoms with Crippen LogP contribution in [0, 0.1) is 5.92 Å². The van der Waals surface area contributed by atoms with Crippen LogP contribution in [0.15, 0.2) is 42.9 Å². The van der Waals surface area contributed by atoms with Gasteiger partial charge in [-0.3, -0.25) is 4.98 Å². The van der Waals surface area contributed by atoms with Crippen molar-refractivity contribution in [1.82, 2.24) is 25.2 Å². The molecule has 154 valence electrons. The number of nitrogens with zero attached hydrogens (tertiary/aromatic N) is 4. The molecule has 0 saturated heterocycles. The predicted octanol–water partition coefficient (Wildman–Crippen LogP) is 4.37. The van der Waals surface area contributed by atoms with Gasteiger partial charge in [0.15, 0.2) is 0 Å². The standard InChI is InChI=1S/C23H26N6O/c30-23(25-11-16-6-2-1-3-7-16)29-13-19-21(14-29)26-15-27-22(19)28-18-10-17-8-4-5-9-20(17)24-12-18/h4-5,8-10,12,15-16H,1-3,6-7,11,13-14H2,(H,25,30)(H,26,27,28). The SMILES string of the molecule is O=C(NCC1CCCCC1)N1Cc2ncnc(Nc3cnc4ccccc4c3)c2C1. The summed E-state index contributed by atoms with van der Waals surface area (Å²) < 4.78 is 0. The Kier molecular flexibility index (Phi) is 5.17. The average molecular weight is 403 g/mol. The molecule has 0 unspecified atom stereocenters. The first-order valence-corrected chi connectivity index (χ1v) is 10.7. The van der Waals surface area contributed by atoms with E-state index in [-0.39, 0.29) is 6.03 Å². The summed E-state index contributed by atoms with van der Waals surface area (Å²) >= 11 is 0. The number of aromatic nitrogens is 3. The van der Waals surface area contributed by atoms with Crippen molar-refractivity contribution in [1.29, 1.82) is 0 Å². The lowest BCUT2D eigenvalue weighted by Crippen LogP contribution is -2.39. The van der Waals surface area contributed by atoms with Crippen LogP contribution < -0.4 is 10.6 Å². The Morgan fingerprint density at radius 3 is 2.83 bits per heavy atom. The molecule has 2 aliphatic rings. The smallest absolute Gasteiger partial charge is 0.318 e. The molecule has 1 aliphatic heterocycles. The molecule has 2 N–H and O–H groups in total. The first kappa shape index (κ1) is 18.8. The van der Waals surface area contributed by atoms with E-state index < -0.39 is 0 Å². The van der Waals surface area contributed by atoms with Gasteiger partial charge in [0.1, 0.15) is 12.1 Å². The van der Waals surface area contributed by atoms with E-state index in [0.717, 1.165) is 40.2 Å². The molecule has 0 atom stereocenters. The van der Waals surface area contributed by atoms with Gasteiger partial charge >= 0.3 is 6.03 Å². The Morgan fingerprint density at radius 2 is 1.93 bits per heavy atom. The summed E-state index contributed by atoms with van der Waals surface area (Å²) in [6.07, 6.45) is 9.69. The molecule has 7 nitrogen and oxygen atoms in total. The second-order valence-electron chi connectivity index (χ2n) is 8.24. The van der Waals surface area contributed by atoms with E-state index in [1.54, 1.807) is 12.5 Å². The third-order valence-corrected chi connectivity index (χ3v) is 6.13. The van der Waals surface area contributed by atoms with Gasteiger partial charge in [-0.2, -0.15) is 0 Å². The Balaban J connectivity index is 1.27. The number of hydrogen-bond donors (Lipinski definition) is 2. The van der Waals surface area contributed by atoms with Gasteiger partial charge in [0.2, 0.25) is 0 Å². The van der Waals surface area contributed by atoms with E-state index >= 15 is 0 Å². The molecule has 2 amide bonds. The van der Waals surface area contributed by atoms with Crippen LogP contribution >= 0.6 is 0 Å². The number of anilines is 2. The first-order valence-electron chi connectivity index (χ1n) is 10.7. The molecule has 5 rings (SSSR count). The molecule has 2 aromatic heterocycles. The highest BCUT2D eigenvalue weighted by Gasteiger charge is 2.28. The van der Waals surface area contributed by atoms with E-state index in [9.17, 15) is 4.79 Å². The van der Waals surface area contributed by atoms with Crippen molar-refractivity contribution in [3.8, 4) is 0 Å². The van der Waals surface area contributed by atoms with E-state index in [2.05, 4.69) is 31.7 Å². The highest BCUT2D eigenvalue weighted by molar-refractivity contribution is 5.82. The van der Waals surface area contributed by atoms with Gasteiger partial charge in [-0.25, -0.2) is 14.8 Å². The summed E-state index contributed by atoms with van der Waals surface area (Å²) in [6, 6.07) is 10.0. The van der Waals surface area contributed by atoms with Gasteiger partial charge in [0.05, 0.1) is 36.2 Å². The van der Waals surface area contributed by atoms with Gasteiger partial charge in [0, 0.05) is 17.5 Å². The maximum absolute atomic E-state index is 12.7. The molecule has 0 radical (unpaired) electrons. The minimum absolute atomic E-state index is 0.0168. The van der Waals surface area contributed by atoms with Crippen LogP contribution in [0.25, 0.3) is 10.9 Å². The molecule has 0 spiro atoms. The van der Waals surface area contributed by atoms with Crippen LogP contribution in [-0.2, 0) is 13.1 Å². The van der Waals surface area contributed by atoms with Crippen molar-refractivity contribution in [2.75, 3.05) is 11.9 Å². The number of para-hydroxylation sites is 1. The molecule has 0 bridgehead atoms. The van der Waals surface area contributed by atoms with E-state index in [1.807, 2.05) is 29.2 Å². The summed E-state index contributed by atoms with van der Waals surface area (Å²) in [7, 11) is 0. The molecule has 1 aliphatic carbocycles. The zero-order valence-corrected chi connectivity index (χ0v) is 17.0. The largest absolute Gasteiger partial charge is 0.339 e. The lowest BCUT2D eigenvalue weighted by Gasteiger charge is -2.23. The van der Waals surface area contributed by atoms with Gasteiger partial charge in [-0.05, 0) is 30.9 Å². The minimum Gasteiger partial charge on any atom is -0.339 e. The Bertz CT molecular complexity index is 1060. The Morgan fingerprint density at radius 1 is 1.07 bits per heavy atom. The fraction of sp³-hybridized carbons (Fsp3) is 0.391. The van der Waals surface area contributed by atoms with Crippen molar-refractivity contribution in [3.05, 3.63) is 54.1 Å². The second-order valence-corrected chi connectivity index (χ2v) is 8.24. The number of amides is 2. The van der Waals surface area contributed by atoms with E-state index in [1.165, 1.54) is 32.1 Å². The first-order chi connectivity index (χ1) is 14.8. The topological polar surface area (TPSA) is 83.0 Å². The fourth-order valence-electron chi connectivity index (χ4n) is 4.44. The van der Waals surface area contributed by atoms with Gasteiger partial charge in [-0.1, -0.05) is 37.5 Å². The summed E-state index contributed by atoms with van der Waals surface area (Å²) in [5.74, 6) is 1.35. The maximum Gasteiger partial charge on any atom is 0.318 e. The molecule has 7 heteroatoms. The molecular formula is C23H26N6O. The number of nitrogens with one attached hydrogen (secondary N) is 2. The predicted molar refractivity (Wildman–Crippen MR) is 116 cm³/mol. The van der Waals surface area contributed by atoms with Crippen LogP contribution in [0.5, 0.6) is 0 Å². The normalized spacial score (nSPS) is 16.5. The van der Waals surface area contributed by atoms with Gasteiger partial charge in [0.25, 0.3) is 0 Å². The number of pyridine rings is 1. The number of carbonyl (C=O) groups excluding carboxylic acids is 1. The van der Waals surface area contributed by atoms with Crippen molar-refractivity contribution < 1.29 is 4.79 Å². The number of urea groups is 1. The lowest BCUT2D eigenvalue weighted by molar-refractivity contribution is 0.194. The molecule has 3 aromatic rings. The van der Waals surface area contributed by atoms with Crippen molar-refractivity contribution in [3.63, 3.8) is 0 Å². The summed E-state index contributed by atoms with van der Waals surface area (Å²) in [6.45, 7) is 1.79. The van der Waals surface area contributed by atoms with Crippen molar-refractivity contribution >= 4 is 28.4 Å². The van der Waals surface area contributed by atoms with Crippen LogP contribution in [0.1, 0.15) is 43.4 Å². The van der Waals surface area contributed by atoms with Crippen LogP contribution in [0.2, 0.25) is 0 Å². The second kappa shape index (κ2) is 8.26. The van der Waals surface area contributed by atoms with E-state index in [4.69, 9.17) is 0 Å². The van der Waals surface area contributed by atoms with Crippen LogP contribution in [0.4, 0.5) is 16.3 Å². The molecular weight excluding hydrogens is 376 g/mol. The zero-order valence-electron chi connectivity index (χ0n) is 17.0. The van der Waals surface area contributed by atoms with Gasteiger partial charge in [-0.15, -0.1) is 0 Å². The number of benzene rings is 1. The lowest BCUT2D eigenvalue weighted by atomic mass is 9.89. The van der Waals surface area contributed by atoms with Gasteiger partial charge < -0.3 is 15.5 Å². The highest BCUT2D eigenvalue weighted by atomic mass is 16.2. The third-order valence-electron chi connectivity index (χ3n) is 6.13. The monoisotopic (exact) mass is 402 g/mol. The molecule has 3 heterocycles. The summed E-state index contributed by atoms with van der Waals surface area (Å²) in [4.78, 5) is 27.9. The van der Waals surface area contributed by atoms with Crippen molar-refractivity contribution in [2.24, 2.45) is 5.92 Å². The van der Waals surface area contributed by atoms with Crippen LogP contribution in [0.3, 0.4) is 0 Å². The summed E-state index contributed by atoms with van der Waals surface area (Å²) in [5, 5.41) is 7.56. The Hall–Kier alpha value is -3.22. The average Bonchev–Trinajstić information content (AvgIpc) is 3.24. The molecule has 1 aromatic carbocycles. The third kappa shape index (κ3) is 3.92. The minimum atomic E-state index is -0.0168. The quantitative estimate of drug-likeness (QED) is 0.677. The molecule has 1 saturated carbocycles. The number of rotatable bonds is 4.